The number of amides is 1. The molecule has 4 nitrogen and oxygen atoms in total. The summed E-state index contributed by atoms with van der Waals surface area (Å²) in [6.45, 7) is 5.53. The first-order valence-electron chi connectivity index (χ1n) is 6.78. The Morgan fingerprint density at radius 3 is 2.58 bits per heavy atom. The van der Waals surface area contributed by atoms with Crippen LogP contribution in [0.5, 0.6) is 5.75 Å². The first kappa shape index (κ1) is 15.5. The van der Waals surface area contributed by atoms with Crippen molar-refractivity contribution in [3.63, 3.8) is 0 Å². The lowest BCUT2D eigenvalue weighted by Gasteiger charge is -2.11. The van der Waals surface area contributed by atoms with Crippen molar-refractivity contribution in [1.82, 2.24) is 10.6 Å². The van der Waals surface area contributed by atoms with Gasteiger partial charge >= 0.3 is 0 Å². The summed E-state index contributed by atoms with van der Waals surface area (Å²) in [6.07, 6.45) is 1.59. The largest absolute Gasteiger partial charge is 0.497 e. The normalized spacial score (nSPS) is 11.9. The molecule has 1 rings (SSSR count). The smallest absolute Gasteiger partial charge is 0.221 e. The van der Waals surface area contributed by atoms with Crippen molar-refractivity contribution in [2.45, 2.75) is 39.3 Å². The Bertz CT molecular complexity index is 376. The van der Waals surface area contributed by atoms with Crippen LogP contribution in [0.4, 0.5) is 0 Å². The zero-order valence-electron chi connectivity index (χ0n) is 12.0. The maximum Gasteiger partial charge on any atom is 0.221 e. The van der Waals surface area contributed by atoms with E-state index in [0.717, 1.165) is 24.3 Å². The highest BCUT2D eigenvalue weighted by molar-refractivity contribution is 5.76. The molecule has 0 aliphatic rings. The van der Waals surface area contributed by atoms with Gasteiger partial charge in [0.05, 0.1) is 7.11 Å². The summed E-state index contributed by atoms with van der Waals surface area (Å²) in [5.74, 6) is 0.902. The molecule has 106 valence electrons. The molecule has 1 atom stereocenters. The third-order valence-corrected chi connectivity index (χ3v) is 3.11. The quantitative estimate of drug-likeness (QED) is 0.756. The number of benzene rings is 1. The lowest BCUT2D eigenvalue weighted by Crippen LogP contribution is -2.31. The standard InChI is InChI=1S/C15H24N2O2/c1-4-12(2)16-10-9-15(18)17-11-13-5-7-14(19-3)8-6-13/h5-8,12,16H,4,9-11H2,1-3H3,(H,17,18). The fourth-order valence-electron chi connectivity index (χ4n) is 1.61. The summed E-state index contributed by atoms with van der Waals surface area (Å²) in [7, 11) is 1.64. The molecular weight excluding hydrogens is 240 g/mol. The van der Waals surface area contributed by atoms with Gasteiger partial charge in [-0.3, -0.25) is 4.79 Å². The number of ether oxygens (including phenoxy) is 1. The second-order valence-electron chi connectivity index (χ2n) is 4.64. The average molecular weight is 264 g/mol. The second kappa shape index (κ2) is 8.53. The van der Waals surface area contributed by atoms with Crippen molar-refractivity contribution in [3.8, 4) is 5.75 Å². The predicted molar refractivity (Wildman–Crippen MR) is 77.2 cm³/mol. The van der Waals surface area contributed by atoms with Crippen LogP contribution in [0, 0.1) is 0 Å². The highest BCUT2D eigenvalue weighted by Crippen LogP contribution is 2.10. The van der Waals surface area contributed by atoms with Gasteiger partial charge in [-0.05, 0) is 31.0 Å². The van der Waals surface area contributed by atoms with Gasteiger partial charge < -0.3 is 15.4 Å². The molecule has 0 spiro atoms. The SMILES string of the molecule is CCC(C)NCCC(=O)NCc1ccc(OC)cc1. The van der Waals surface area contributed by atoms with Crippen LogP contribution in [-0.2, 0) is 11.3 Å². The summed E-state index contributed by atoms with van der Waals surface area (Å²) < 4.78 is 5.09. The molecule has 1 amide bonds. The molecule has 0 saturated heterocycles. The van der Waals surface area contributed by atoms with Crippen molar-refractivity contribution in [3.05, 3.63) is 29.8 Å². The number of carbonyl (C=O) groups is 1. The molecule has 1 aromatic rings. The van der Waals surface area contributed by atoms with Crippen LogP contribution >= 0.6 is 0 Å². The zero-order valence-corrected chi connectivity index (χ0v) is 12.0. The fourth-order valence-corrected chi connectivity index (χ4v) is 1.61. The lowest BCUT2D eigenvalue weighted by atomic mass is 10.2. The first-order chi connectivity index (χ1) is 9.15. The maximum absolute atomic E-state index is 11.6. The van der Waals surface area contributed by atoms with E-state index in [1.807, 2.05) is 24.3 Å². The number of carbonyl (C=O) groups excluding carboxylic acids is 1. The van der Waals surface area contributed by atoms with Gasteiger partial charge in [-0.2, -0.15) is 0 Å². The van der Waals surface area contributed by atoms with E-state index in [2.05, 4.69) is 24.5 Å². The third-order valence-electron chi connectivity index (χ3n) is 3.11. The Labute approximate surface area is 115 Å². The van der Waals surface area contributed by atoms with Gasteiger partial charge in [-0.15, -0.1) is 0 Å². The second-order valence-corrected chi connectivity index (χ2v) is 4.64. The first-order valence-corrected chi connectivity index (χ1v) is 6.78. The Hall–Kier alpha value is -1.55. The van der Waals surface area contributed by atoms with E-state index >= 15 is 0 Å². The fraction of sp³-hybridized carbons (Fsp3) is 0.533. The van der Waals surface area contributed by atoms with Crippen LogP contribution in [0.3, 0.4) is 0 Å². The average Bonchev–Trinajstić information content (AvgIpc) is 2.45. The van der Waals surface area contributed by atoms with E-state index in [9.17, 15) is 4.79 Å². The van der Waals surface area contributed by atoms with E-state index in [4.69, 9.17) is 4.74 Å². The molecule has 2 N–H and O–H groups in total. The van der Waals surface area contributed by atoms with Crippen LogP contribution in [0.15, 0.2) is 24.3 Å². The summed E-state index contributed by atoms with van der Waals surface area (Å²) >= 11 is 0. The zero-order chi connectivity index (χ0) is 14.1. The third kappa shape index (κ3) is 6.25. The van der Waals surface area contributed by atoms with E-state index in [1.165, 1.54) is 0 Å². The Kier molecular flexibility index (Phi) is 6.97. The van der Waals surface area contributed by atoms with Gasteiger partial charge in [0.15, 0.2) is 0 Å². The highest BCUT2D eigenvalue weighted by atomic mass is 16.5. The molecule has 0 aliphatic heterocycles. The Morgan fingerprint density at radius 2 is 2.00 bits per heavy atom. The van der Waals surface area contributed by atoms with Crippen molar-refractivity contribution in [2.75, 3.05) is 13.7 Å². The molecule has 1 aromatic carbocycles. The van der Waals surface area contributed by atoms with Crippen molar-refractivity contribution in [2.24, 2.45) is 0 Å². The minimum absolute atomic E-state index is 0.0756. The monoisotopic (exact) mass is 264 g/mol. The molecule has 0 bridgehead atoms. The van der Waals surface area contributed by atoms with E-state index in [1.54, 1.807) is 7.11 Å². The van der Waals surface area contributed by atoms with Gasteiger partial charge in [0, 0.05) is 25.6 Å². The molecule has 0 saturated carbocycles. The number of methoxy groups -OCH3 is 1. The lowest BCUT2D eigenvalue weighted by molar-refractivity contribution is -0.121. The molecular formula is C15H24N2O2. The van der Waals surface area contributed by atoms with Gasteiger partial charge in [-0.25, -0.2) is 0 Å². The predicted octanol–water partition coefficient (Wildman–Crippen LogP) is 2.09. The van der Waals surface area contributed by atoms with E-state index in [-0.39, 0.29) is 5.91 Å². The molecule has 19 heavy (non-hydrogen) atoms. The van der Waals surface area contributed by atoms with Gasteiger partial charge in [0.25, 0.3) is 0 Å². The van der Waals surface area contributed by atoms with Gasteiger partial charge in [-0.1, -0.05) is 19.1 Å². The topological polar surface area (TPSA) is 50.4 Å². The van der Waals surface area contributed by atoms with E-state index < -0.39 is 0 Å². The minimum atomic E-state index is 0.0756. The van der Waals surface area contributed by atoms with E-state index in [0.29, 0.717) is 19.0 Å². The van der Waals surface area contributed by atoms with Crippen molar-refractivity contribution >= 4 is 5.91 Å². The number of hydrogen-bond donors (Lipinski definition) is 2. The van der Waals surface area contributed by atoms with Crippen LogP contribution in [0.2, 0.25) is 0 Å². The number of nitrogens with one attached hydrogen (secondary N) is 2. The molecule has 4 heteroatoms. The number of hydrogen-bond acceptors (Lipinski definition) is 3. The summed E-state index contributed by atoms with van der Waals surface area (Å²) in [5, 5.41) is 6.21. The van der Waals surface area contributed by atoms with Crippen molar-refractivity contribution in [1.29, 1.82) is 0 Å². The minimum Gasteiger partial charge on any atom is -0.497 e. The van der Waals surface area contributed by atoms with Crippen LogP contribution in [0.25, 0.3) is 0 Å². The molecule has 0 aromatic heterocycles. The summed E-state index contributed by atoms with van der Waals surface area (Å²) in [4.78, 5) is 11.6. The maximum atomic E-state index is 11.6. The van der Waals surface area contributed by atoms with Gasteiger partial charge in [0.1, 0.15) is 5.75 Å². The summed E-state index contributed by atoms with van der Waals surface area (Å²) in [6, 6.07) is 8.17. The van der Waals surface area contributed by atoms with Crippen LogP contribution in [-0.4, -0.2) is 25.6 Å². The summed E-state index contributed by atoms with van der Waals surface area (Å²) in [5.41, 5.74) is 1.07. The Morgan fingerprint density at radius 1 is 1.32 bits per heavy atom. The van der Waals surface area contributed by atoms with Crippen molar-refractivity contribution < 1.29 is 9.53 Å². The molecule has 0 radical (unpaired) electrons. The van der Waals surface area contributed by atoms with Crippen LogP contribution < -0.4 is 15.4 Å². The molecule has 0 aliphatic carbocycles. The van der Waals surface area contributed by atoms with Gasteiger partial charge in [0.2, 0.25) is 5.91 Å². The van der Waals surface area contributed by atoms with Crippen LogP contribution in [0.1, 0.15) is 32.3 Å². The highest BCUT2D eigenvalue weighted by Gasteiger charge is 2.03. The molecule has 0 heterocycles. The Balaban J connectivity index is 2.22. The molecule has 1 unspecified atom stereocenters. The number of rotatable bonds is 8. The molecule has 0 fully saturated rings.